The molecule has 1 aromatic carbocycles. The van der Waals surface area contributed by atoms with Crippen molar-refractivity contribution in [3.05, 3.63) is 46.9 Å². The molecule has 6 heteroatoms. The zero-order valence-electron chi connectivity index (χ0n) is 13.6. The summed E-state index contributed by atoms with van der Waals surface area (Å²) >= 11 is 1.54. The summed E-state index contributed by atoms with van der Waals surface area (Å²) in [6.45, 7) is 2.85. The van der Waals surface area contributed by atoms with Gasteiger partial charge in [0.2, 0.25) is 0 Å². The first-order chi connectivity index (χ1) is 11.8. The molecular weight excluding hydrogens is 320 g/mol. The first-order valence-corrected chi connectivity index (χ1v) is 9.44. The van der Waals surface area contributed by atoms with Crippen LogP contribution in [0.3, 0.4) is 0 Å². The van der Waals surface area contributed by atoms with Gasteiger partial charge in [-0.25, -0.2) is 5.43 Å². The Morgan fingerprint density at radius 3 is 2.75 bits per heavy atom. The zero-order valence-corrected chi connectivity index (χ0v) is 14.4. The maximum atomic E-state index is 12.3. The molecule has 4 rings (SSSR count). The van der Waals surface area contributed by atoms with Crippen LogP contribution < -0.4 is 10.9 Å². The van der Waals surface area contributed by atoms with E-state index >= 15 is 0 Å². The number of carbonyl (C=O) groups excluding carboxylic acids is 1. The minimum absolute atomic E-state index is 0.0840. The van der Waals surface area contributed by atoms with E-state index in [1.165, 1.54) is 24.8 Å². The number of hydrazine groups is 1. The highest BCUT2D eigenvalue weighted by Gasteiger charge is 2.31. The number of benzene rings is 1. The molecule has 1 aromatic rings. The van der Waals surface area contributed by atoms with Gasteiger partial charge in [0, 0.05) is 25.6 Å². The predicted octanol–water partition coefficient (Wildman–Crippen LogP) is 2.45. The summed E-state index contributed by atoms with van der Waals surface area (Å²) in [5, 5.41) is 0.890. The molecule has 1 amide bonds. The summed E-state index contributed by atoms with van der Waals surface area (Å²) < 4.78 is 0. The number of rotatable bonds is 2. The summed E-state index contributed by atoms with van der Waals surface area (Å²) in [7, 11) is 0. The van der Waals surface area contributed by atoms with Crippen LogP contribution in [0.4, 0.5) is 0 Å². The normalized spacial score (nSPS) is 29.3. The number of amidine groups is 1. The van der Waals surface area contributed by atoms with E-state index in [1.54, 1.807) is 11.8 Å². The Labute approximate surface area is 146 Å². The number of thioether (sulfide) groups is 1. The minimum Gasteiger partial charge on any atom is -0.351 e. The smallest absolute Gasteiger partial charge is 0.285 e. The average Bonchev–Trinajstić information content (AvgIpc) is 3.24. The Morgan fingerprint density at radius 1 is 1.17 bits per heavy atom. The van der Waals surface area contributed by atoms with Crippen LogP contribution in [-0.4, -0.2) is 35.6 Å². The molecule has 0 saturated carbocycles. The molecule has 5 nitrogen and oxygen atoms in total. The van der Waals surface area contributed by atoms with Crippen molar-refractivity contribution in [3.8, 4) is 0 Å². The number of nitrogens with one attached hydrogen (secondary N) is 2. The maximum Gasteiger partial charge on any atom is 0.285 e. The topological polar surface area (TPSA) is 56.7 Å². The number of amides is 1. The van der Waals surface area contributed by atoms with Crippen molar-refractivity contribution in [2.75, 3.05) is 19.6 Å². The molecule has 3 aliphatic rings. The third-order valence-electron chi connectivity index (χ3n) is 4.78. The van der Waals surface area contributed by atoms with Crippen molar-refractivity contribution in [2.24, 2.45) is 10.9 Å². The van der Waals surface area contributed by atoms with Crippen molar-refractivity contribution >= 4 is 22.8 Å². The molecule has 2 atom stereocenters. The van der Waals surface area contributed by atoms with Gasteiger partial charge in [-0.1, -0.05) is 36.4 Å². The minimum atomic E-state index is -0.0840. The molecule has 0 spiro atoms. The molecule has 2 saturated heterocycles. The van der Waals surface area contributed by atoms with Crippen molar-refractivity contribution < 1.29 is 4.79 Å². The van der Waals surface area contributed by atoms with E-state index < -0.39 is 0 Å². The van der Waals surface area contributed by atoms with E-state index in [0.29, 0.717) is 0 Å². The fourth-order valence-corrected chi connectivity index (χ4v) is 4.50. The zero-order chi connectivity index (χ0) is 16.4. The van der Waals surface area contributed by atoms with E-state index in [2.05, 4.69) is 39.0 Å². The highest BCUT2D eigenvalue weighted by Crippen LogP contribution is 2.34. The number of carbonyl (C=O) groups is 1. The number of likely N-dealkylation sites (tertiary alicyclic amines) is 1. The van der Waals surface area contributed by atoms with Crippen LogP contribution >= 0.6 is 11.8 Å². The molecule has 0 aromatic heterocycles. The first kappa shape index (κ1) is 15.9. The molecule has 2 N–H and O–H groups in total. The second-order valence-corrected chi connectivity index (χ2v) is 7.47. The maximum absolute atomic E-state index is 12.3. The van der Waals surface area contributed by atoms with Gasteiger partial charge in [-0.2, -0.15) is 4.99 Å². The number of piperidine rings is 1. The van der Waals surface area contributed by atoms with Gasteiger partial charge >= 0.3 is 0 Å². The van der Waals surface area contributed by atoms with Crippen LogP contribution in [0, 0.1) is 5.92 Å². The molecule has 2 fully saturated rings. The van der Waals surface area contributed by atoms with Gasteiger partial charge < -0.3 is 4.90 Å². The average molecular weight is 342 g/mol. The monoisotopic (exact) mass is 342 g/mol. The van der Waals surface area contributed by atoms with Crippen molar-refractivity contribution in [3.63, 3.8) is 0 Å². The van der Waals surface area contributed by atoms with Crippen LogP contribution in [0.25, 0.3) is 0 Å². The van der Waals surface area contributed by atoms with E-state index in [4.69, 9.17) is 0 Å². The molecule has 3 aliphatic heterocycles. The van der Waals surface area contributed by atoms with Gasteiger partial charge in [0.1, 0.15) is 0 Å². The largest absolute Gasteiger partial charge is 0.351 e. The summed E-state index contributed by atoms with van der Waals surface area (Å²) in [5.74, 6) is 0.161. The van der Waals surface area contributed by atoms with Gasteiger partial charge in [0.05, 0.1) is 10.9 Å². The van der Waals surface area contributed by atoms with E-state index in [9.17, 15) is 4.79 Å². The Kier molecular flexibility index (Phi) is 4.69. The lowest BCUT2D eigenvalue weighted by Gasteiger charge is -2.27. The highest BCUT2D eigenvalue weighted by atomic mass is 32.2. The van der Waals surface area contributed by atoms with Crippen LogP contribution in [0.5, 0.6) is 0 Å². The lowest BCUT2D eigenvalue weighted by Crippen LogP contribution is -2.33. The Balaban J connectivity index is 1.48. The van der Waals surface area contributed by atoms with Crippen LogP contribution in [-0.2, 0) is 4.79 Å². The standard InChI is InChI=1S/C18H22N4OS/c23-17-15(24-18(20-17)22-9-5-2-6-10-22)11-14-12-19-21-16(14)13-7-3-1-4-8-13/h1,3-4,7-8,11,14,16,19,21H,2,5-6,9-10,12H2/b15-11-. The van der Waals surface area contributed by atoms with E-state index in [1.807, 2.05) is 18.2 Å². The first-order valence-electron chi connectivity index (χ1n) is 8.62. The summed E-state index contributed by atoms with van der Waals surface area (Å²) in [6, 6.07) is 10.5. The van der Waals surface area contributed by atoms with E-state index in [-0.39, 0.29) is 17.9 Å². The molecule has 0 radical (unpaired) electrons. The summed E-state index contributed by atoms with van der Waals surface area (Å²) in [6.07, 6.45) is 5.76. The molecule has 3 heterocycles. The Hall–Kier alpha value is -1.63. The molecule has 2 unspecified atom stereocenters. The quantitative estimate of drug-likeness (QED) is 0.809. The molecule has 0 bridgehead atoms. The fourth-order valence-electron chi connectivity index (χ4n) is 3.48. The SMILES string of the molecule is O=C1N=C(N2CCCCC2)S/C1=C\C1CNNC1c1ccccc1. The number of nitrogens with zero attached hydrogens (tertiary/aromatic N) is 2. The van der Waals surface area contributed by atoms with Crippen molar-refractivity contribution in [1.29, 1.82) is 0 Å². The lowest BCUT2D eigenvalue weighted by molar-refractivity contribution is -0.113. The Bertz CT molecular complexity index is 667. The summed E-state index contributed by atoms with van der Waals surface area (Å²) in [4.78, 5) is 19.6. The van der Waals surface area contributed by atoms with E-state index in [0.717, 1.165) is 29.7 Å². The van der Waals surface area contributed by atoms with Crippen LogP contribution in [0.15, 0.2) is 46.3 Å². The van der Waals surface area contributed by atoms with Gasteiger partial charge in [-0.3, -0.25) is 10.2 Å². The van der Waals surface area contributed by atoms with Gasteiger partial charge in [-0.05, 0) is 36.6 Å². The van der Waals surface area contributed by atoms with Crippen LogP contribution in [0.1, 0.15) is 30.9 Å². The van der Waals surface area contributed by atoms with Gasteiger partial charge in [-0.15, -0.1) is 0 Å². The van der Waals surface area contributed by atoms with Crippen LogP contribution in [0.2, 0.25) is 0 Å². The van der Waals surface area contributed by atoms with Crippen molar-refractivity contribution in [2.45, 2.75) is 25.3 Å². The molecular formula is C18H22N4OS. The van der Waals surface area contributed by atoms with Crippen molar-refractivity contribution in [1.82, 2.24) is 15.8 Å². The lowest BCUT2D eigenvalue weighted by atomic mass is 9.94. The van der Waals surface area contributed by atoms with Gasteiger partial charge in [0.15, 0.2) is 5.17 Å². The second-order valence-electron chi connectivity index (χ2n) is 6.46. The highest BCUT2D eigenvalue weighted by molar-refractivity contribution is 8.18. The third kappa shape index (κ3) is 3.27. The predicted molar refractivity (Wildman–Crippen MR) is 97.4 cm³/mol. The number of hydrogen-bond donors (Lipinski definition) is 2. The summed E-state index contributed by atoms with van der Waals surface area (Å²) in [5.41, 5.74) is 7.78. The number of hydrogen-bond acceptors (Lipinski definition) is 5. The Morgan fingerprint density at radius 2 is 1.96 bits per heavy atom. The van der Waals surface area contributed by atoms with Gasteiger partial charge in [0.25, 0.3) is 5.91 Å². The molecule has 126 valence electrons. The molecule has 24 heavy (non-hydrogen) atoms. The fraction of sp³-hybridized carbons (Fsp3) is 0.444. The number of aliphatic imine (C=N–C) groups is 1. The second kappa shape index (κ2) is 7.09. The third-order valence-corrected chi connectivity index (χ3v) is 5.85. The molecule has 0 aliphatic carbocycles.